The number of likely N-dealkylation sites (N-methyl/N-ethyl adjacent to an activating group) is 2. The van der Waals surface area contributed by atoms with Gasteiger partial charge in [0.25, 0.3) is 5.89 Å². The van der Waals surface area contributed by atoms with Gasteiger partial charge in [0.05, 0.1) is 6.04 Å². The molecule has 2 heterocycles. The maximum atomic E-state index is 5.58. The number of nitrogens with two attached hydrogens (primary N) is 1. The molecule has 0 aliphatic carbocycles. The number of aromatic nitrogens is 2. The summed E-state index contributed by atoms with van der Waals surface area (Å²) < 4.78 is 10.4. The van der Waals surface area contributed by atoms with Crippen molar-refractivity contribution in [1.82, 2.24) is 19.9 Å². The smallest absolute Gasteiger partial charge is 0.257 e. The summed E-state index contributed by atoms with van der Waals surface area (Å²) in [5, 5.41) is 4.05. The summed E-state index contributed by atoms with van der Waals surface area (Å²) in [4.78, 5) is 8.91. The van der Waals surface area contributed by atoms with E-state index in [4.69, 9.17) is 15.0 Å². The second-order valence-corrected chi connectivity index (χ2v) is 4.71. The van der Waals surface area contributed by atoms with Gasteiger partial charge in [0, 0.05) is 33.3 Å². The molecule has 0 spiro atoms. The predicted octanol–water partition coefficient (Wildman–Crippen LogP) is -0.366. The van der Waals surface area contributed by atoms with E-state index in [-0.39, 0.29) is 12.1 Å². The molecule has 0 amide bonds. The molecule has 7 heteroatoms. The lowest BCUT2D eigenvalue weighted by Gasteiger charge is -2.35. The molecule has 102 valence electrons. The van der Waals surface area contributed by atoms with Gasteiger partial charge in [-0.15, -0.1) is 0 Å². The molecule has 1 aliphatic rings. The van der Waals surface area contributed by atoms with Crippen LogP contribution in [0.3, 0.4) is 0 Å². The molecule has 18 heavy (non-hydrogen) atoms. The van der Waals surface area contributed by atoms with Crippen LogP contribution in [-0.4, -0.2) is 67.3 Å². The molecule has 7 nitrogen and oxygen atoms in total. The Morgan fingerprint density at radius 3 is 2.94 bits per heavy atom. The van der Waals surface area contributed by atoms with Gasteiger partial charge >= 0.3 is 0 Å². The minimum atomic E-state index is -0.321. The molecule has 1 aromatic heterocycles. The van der Waals surface area contributed by atoms with Crippen LogP contribution in [-0.2, 0) is 4.74 Å². The van der Waals surface area contributed by atoms with Gasteiger partial charge in [-0.1, -0.05) is 5.16 Å². The van der Waals surface area contributed by atoms with E-state index in [9.17, 15) is 0 Å². The summed E-state index contributed by atoms with van der Waals surface area (Å²) in [5.74, 6) is 1.16. The summed E-state index contributed by atoms with van der Waals surface area (Å²) in [6, 6.07) is 0.163. The summed E-state index contributed by atoms with van der Waals surface area (Å²) >= 11 is 0. The van der Waals surface area contributed by atoms with Gasteiger partial charge in [0.1, 0.15) is 6.10 Å². The van der Waals surface area contributed by atoms with E-state index in [1.807, 2.05) is 0 Å². The summed E-state index contributed by atoms with van der Waals surface area (Å²) in [6.07, 6.45) is -0.321. The third-order valence-electron chi connectivity index (χ3n) is 3.38. The number of rotatable bonds is 4. The van der Waals surface area contributed by atoms with Crippen LogP contribution in [0.25, 0.3) is 0 Å². The molecule has 1 aliphatic heterocycles. The van der Waals surface area contributed by atoms with Crippen molar-refractivity contribution in [1.29, 1.82) is 0 Å². The average molecular weight is 255 g/mol. The molecule has 0 saturated carbocycles. The van der Waals surface area contributed by atoms with Crippen LogP contribution in [0.1, 0.15) is 23.9 Å². The highest BCUT2D eigenvalue weighted by atomic mass is 16.5. The number of ether oxygens (including phenoxy) is 1. The molecule has 1 saturated heterocycles. The number of methoxy groups -OCH3 is 1. The Labute approximate surface area is 107 Å². The Bertz CT molecular complexity index is 379. The van der Waals surface area contributed by atoms with Gasteiger partial charge in [0.2, 0.25) is 0 Å². The van der Waals surface area contributed by atoms with Crippen LogP contribution in [0.5, 0.6) is 0 Å². The maximum absolute atomic E-state index is 5.58. The molecule has 1 aromatic rings. The third-order valence-corrected chi connectivity index (χ3v) is 3.38. The number of piperazine rings is 1. The molecule has 1 fully saturated rings. The summed E-state index contributed by atoms with van der Waals surface area (Å²) in [5.41, 5.74) is 5.58. The summed E-state index contributed by atoms with van der Waals surface area (Å²) in [7, 11) is 5.76. The first kappa shape index (κ1) is 13.4. The van der Waals surface area contributed by atoms with E-state index in [1.54, 1.807) is 7.11 Å². The van der Waals surface area contributed by atoms with Crippen molar-refractivity contribution >= 4 is 0 Å². The lowest BCUT2D eigenvalue weighted by molar-refractivity contribution is 0.0802. The second kappa shape index (κ2) is 5.75. The molecule has 2 N–H and O–H groups in total. The zero-order valence-corrected chi connectivity index (χ0v) is 11.2. The fraction of sp³-hybridized carbons (Fsp3) is 0.818. The number of hydrogen-bond donors (Lipinski definition) is 1. The fourth-order valence-electron chi connectivity index (χ4n) is 2.10. The largest absolute Gasteiger partial charge is 0.370 e. The first-order chi connectivity index (χ1) is 8.65. The van der Waals surface area contributed by atoms with Gasteiger partial charge in [-0.05, 0) is 14.1 Å². The monoisotopic (exact) mass is 255 g/mol. The van der Waals surface area contributed by atoms with Gasteiger partial charge in [-0.25, -0.2) is 0 Å². The highest BCUT2D eigenvalue weighted by Gasteiger charge is 2.29. The van der Waals surface area contributed by atoms with Crippen molar-refractivity contribution < 1.29 is 9.26 Å². The molecule has 2 unspecified atom stereocenters. The standard InChI is InChI=1S/C11H21N5O2/c1-15-4-5-16(2)8(7-15)10-13-11(18-14-10)9(6-12)17-3/h8-9H,4-7,12H2,1-3H3. The van der Waals surface area contributed by atoms with E-state index in [0.29, 0.717) is 18.3 Å². The van der Waals surface area contributed by atoms with Crippen molar-refractivity contribution in [3.05, 3.63) is 11.7 Å². The normalized spacial score (nSPS) is 24.3. The van der Waals surface area contributed by atoms with E-state index < -0.39 is 0 Å². The Balaban J connectivity index is 2.13. The zero-order chi connectivity index (χ0) is 13.1. The SMILES string of the molecule is COC(CN)c1nc(C2CN(C)CCN2C)no1. The molecule has 0 radical (unpaired) electrons. The Hall–Kier alpha value is -1.02. The number of hydrogen-bond acceptors (Lipinski definition) is 7. The second-order valence-electron chi connectivity index (χ2n) is 4.71. The highest BCUT2D eigenvalue weighted by molar-refractivity contribution is 4.99. The van der Waals surface area contributed by atoms with Crippen LogP contribution < -0.4 is 5.73 Å². The first-order valence-corrected chi connectivity index (χ1v) is 6.10. The first-order valence-electron chi connectivity index (χ1n) is 6.10. The minimum absolute atomic E-state index is 0.163. The highest BCUT2D eigenvalue weighted by Crippen LogP contribution is 2.22. The third kappa shape index (κ3) is 2.69. The quantitative estimate of drug-likeness (QED) is 0.786. The van der Waals surface area contributed by atoms with Crippen LogP contribution in [0, 0.1) is 0 Å². The molecular weight excluding hydrogens is 234 g/mol. The van der Waals surface area contributed by atoms with Crippen molar-refractivity contribution in [3.8, 4) is 0 Å². The van der Waals surface area contributed by atoms with Crippen LogP contribution in [0.15, 0.2) is 4.52 Å². The van der Waals surface area contributed by atoms with E-state index >= 15 is 0 Å². The van der Waals surface area contributed by atoms with E-state index in [0.717, 1.165) is 19.6 Å². The average Bonchev–Trinajstić information content (AvgIpc) is 2.83. The Morgan fingerprint density at radius 2 is 2.28 bits per heavy atom. The molecular formula is C11H21N5O2. The molecule has 2 atom stereocenters. The molecule has 0 bridgehead atoms. The van der Waals surface area contributed by atoms with Gasteiger partial charge in [-0.2, -0.15) is 4.98 Å². The van der Waals surface area contributed by atoms with Crippen LogP contribution >= 0.6 is 0 Å². The fourth-order valence-corrected chi connectivity index (χ4v) is 2.10. The van der Waals surface area contributed by atoms with Crippen molar-refractivity contribution in [3.63, 3.8) is 0 Å². The Kier molecular flexibility index (Phi) is 4.28. The van der Waals surface area contributed by atoms with Crippen molar-refractivity contribution in [2.75, 3.05) is 47.4 Å². The summed E-state index contributed by atoms with van der Waals surface area (Å²) in [6.45, 7) is 3.28. The van der Waals surface area contributed by atoms with Gasteiger partial charge < -0.3 is 19.9 Å². The van der Waals surface area contributed by atoms with Crippen LogP contribution in [0.4, 0.5) is 0 Å². The minimum Gasteiger partial charge on any atom is -0.370 e. The molecule has 2 rings (SSSR count). The van der Waals surface area contributed by atoms with Crippen molar-refractivity contribution in [2.24, 2.45) is 5.73 Å². The number of nitrogens with zero attached hydrogens (tertiary/aromatic N) is 4. The lowest BCUT2D eigenvalue weighted by Crippen LogP contribution is -2.45. The molecule has 0 aromatic carbocycles. The topological polar surface area (TPSA) is 80.7 Å². The lowest BCUT2D eigenvalue weighted by atomic mass is 10.2. The predicted molar refractivity (Wildman–Crippen MR) is 66.0 cm³/mol. The maximum Gasteiger partial charge on any atom is 0.257 e. The van der Waals surface area contributed by atoms with Gasteiger partial charge in [-0.3, -0.25) is 4.90 Å². The zero-order valence-electron chi connectivity index (χ0n) is 11.2. The Morgan fingerprint density at radius 1 is 1.50 bits per heavy atom. The van der Waals surface area contributed by atoms with E-state index in [1.165, 1.54) is 0 Å². The van der Waals surface area contributed by atoms with Crippen LogP contribution in [0.2, 0.25) is 0 Å². The van der Waals surface area contributed by atoms with E-state index in [2.05, 4.69) is 34.0 Å². The van der Waals surface area contributed by atoms with Crippen molar-refractivity contribution in [2.45, 2.75) is 12.1 Å². The van der Waals surface area contributed by atoms with Gasteiger partial charge in [0.15, 0.2) is 5.82 Å².